The summed E-state index contributed by atoms with van der Waals surface area (Å²) in [7, 11) is 0. The van der Waals surface area contributed by atoms with Crippen molar-refractivity contribution in [2.75, 3.05) is 5.32 Å². The molecule has 25 heavy (non-hydrogen) atoms. The minimum Gasteiger partial charge on any atom is -0.308 e. The molecule has 0 radical (unpaired) electrons. The van der Waals surface area contributed by atoms with Gasteiger partial charge in [-0.15, -0.1) is 0 Å². The van der Waals surface area contributed by atoms with E-state index in [1.807, 2.05) is 30.3 Å². The Morgan fingerprint density at radius 2 is 1.92 bits per heavy atom. The first-order valence-electron chi connectivity index (χ1n) is 7.97. The molecule has 1 fully saturated rings. The van der Waals surface area contributed by atoms with Gasteiger partial charge in [0.1, 0.15) is 5.82 Å². The zero-order chi connectivity index (χ0) is 17.4. The van der Waals surface area contributed by atoms with Gasteiger partial charge in [0.15, 0.2) is 5.82 Å². The lowest BCUT2D eigenvalue weighted by molar-refractivity contribution is -0.118. The maximum atomic E-state index is 13.6. The average molecular weight is 356 g/mol. The molecule has 4 nitrogen and oxygen atoms in total. The van der Waals surface area contributed by atoms with Gasteiger partial charge in [0.25, 0.3) is 0 Å². The molecule has 1 aliphatic carbocycles. The summed E-state index contributed by atoms with van der Waals surface area (Å²) in [6.45, 7) is 0. The predicted molar refractivity (Wildman–Crippen MR) is 94.5 cm³/mol. The number of hydrogen-bond donors (Lipinski definition) is 1. The molecular formula is C19H15ClFN3O. The first-order chi connectivity index (χ1) is 12.1. The molecule has 1 N–H and O–H groups in total. The number of amides is 1. The number of carbonyl (C=O) groups excluding carboxylic acids is 1. The Balaban J connectivity index is 1.53. The van der Waals surface area contributed by atoms with E-state index < -0.39 is 11.2 Å². The van der Waals surface area contributed by atoms with Gasteiger partial charge in [-0.2, -0.15) is 5.10 Å². The third kappa shape index (κ3) is 2.91. The van der Waals surface area contributed by atoms with Crippen molar-refractivity contribution in [3.63, 3.8) is 0 Å². The molecular weight excluding hydrogens is 341 g/mol. The molecule has 0 bridgehead atoms. The molecule has 1 aromatic heterocycles. The van der Waals surface area contributed by atoms with Crippen LogP contribution in [0.1, 0.15) is 18.4 Å². The van der Waals surface area contributed by atoms with E-state index in [4.69, 9.17) is 11.6 Å². The SMILES string of the molecule is O=C(Nc1ccn(-c2ccc(Cl)c(F)c2)n1)C1(c2ccccc2)CC1. The van der Waals surface area contributed by atoms with Gasteiger partial charge in [-0.05, 0) is 30.5 Å². The van der Waals surface area contributed by atoms with Crippen molar-refractivity contribution in [2.24, 2.45) is 0 Å². The molecule has 2 aromatic carbocycles. The molecule has 0 spiro atoms. The third-order valence-electron chi connectivity index (χ3n) is 4.51. The topological polar surface area (TPSA) is 46.9 Å². The first-order valence-corrected chi connectivity index (χ1v) is 8.34. The minimum atomic E-state index is -0.513. The number of carbonyl (C=O) groups is 1. The van der Waals surface area contributed by atoms with Gasteiger partial charge >= 0.3 is 0 Å². The van der Waals surface area contributed by atoms with Crippen molar-refractivity contribution < 1.29 is 9.18 Å². The van der Waals surface area contributed by atoms with E-state index in [0.29, 0.717) is 11.5 Å². The second-order valence-corrected chi connectivity index (χ2v) is 6.55. The fourth-order valence-corrected chi connectivity index (χ4v) is 3.04. The molecule has 3 aromatic rings. The Morgan fingerprint density at radius 1 is 1.16 bits per heavy atom. The zero-order valence-electron chi connectivity index (χ0n) is 13.2. The molecule has 1 heterocycles. The molecule has 0 aliphatic heterocycles. The summed E-state index contributed by atoms with van der Waals surface area (Å²) in [5.41, 5.74) is 1.09. The summed E-state index contributed by atoms with van der Waals surface area (Å²) >= 11 is 5.70. The van der Waals surface area contributed by atoms with Crippen LogP contribution in [-0.4, -0.2) is 15.7 Å². The van der Waals surface area contributed by atoms with Gasteiger partial charge in [-0.3, -0.25) is 4.79 Å². The number of benzene rings is 2. The fourth-order valence-electron chi connectivity index (χ4n) is 2.93. The third-order valence-corrected chi connectivity index (χ3v) is 4.82. The van der Waals surface area contributed by atoms with Crippen LogP contribution in [0.2, 0.25) is 5.02 Å². The van der Waals surface area contributed by atoms with Crippen LogP contribution in [0.4, 0.5) is 10.2 Å². The highest BCUT2D eigenvalue weighted by Gasteiger charge is 2.51. The maximum absolute atomic E-state index is 13.6. The highest BCUT2D eigenvalue weighted by atomic mass is 35.5. The molecule has 126 valence electrons. The lowest BCUT2D eigenvalue weighted by Crippen LogP contribution is -2.28. The summed E-state index contributed by atoms with van der Waals surface area (Å²) in [6.07, 6.45) is 3.32. The van der Waals surface area contributed by atoms with Gasteiger partial charge in [-0.25, -0.2) is 9.07 Å². The van der Waals surface area contributed by atoms with Crippen molar-refractivity contribution in [1.82, 2.24) is 9.78 Å². The number of anilines is 1. The number of nitrogens with one attached hydrogen (secondary N) is 1. The smallest absolute Gasteiger partial charge is 0.236 e. The monoisotopic (exact) mass is 355 g/mol. The van der Waals surface area contributed by atoms with Crippen LogP contribution in [0.15, 0.2) is 60.8 Å². The summed E-state index contributed by atoms with van der Waals surface area (Å²) in [6, 6.07) is 15.9. The van der Waals surface area contributed by atoms with Crippen LogP contribution >= 0.6 is 11.6 Å². The second kappa shape index (κ2) is 6.01. The van der Waals surface area contributed by atoms with Crippen LogP contribution in [0, 0.1) is 5.82 Å². The first kappa shape index (κ1) is 15.8. The minimum absolute atomic E-state index is 0.0583. The van der Waals surface area contributed by atoms with Gasteiger partial charge in [0.2, 0.25) is 5.91 Å². The van der Waals surface area contributed by atoms with Gasteiger partial charge < -0.3 is 5.32 Å². The Kier molecular flexibility index (Phi) is 3.81. The normalized spacial score (nSPS) is 15.0. The van der Waals surface area contributed by atoms with Crippen molar-refractivity contribution >= 4 is 23.3 Å². The Bertz CT molecular complexity index is 935. The highest BCUT2D eigenvalue weighted by Crippen LogP contribution is 2.48. The Morgan fingerprint density at radius 3 is 2.60 bits per heavy atom. The summed E-state index contributed by atoms with van der Waals surface area (Å²) < 4.78 is 15.1. The van der Waals surface area contributed by atoms with Crippen molar-refractivity contribution in [2.45, 2.75) is 18.3 Å². The number of halogens is 2. The largest absolute Gasteiger partial charge is 0.308 e. The maximum Gasteiger partial charge on any atom is 0.236 e. The van der Waals surface area contributed by atoms with Gasteiger partial charge in [0.05, 0.1) is 16.1 Å². The van der Waals surface area contributed by atoms with Gasteiger partial charge in [-0.1, -0.05) is 41.9 Å². The van der Waals surface area contributed by atoms with E-state index in [0.717, 1.165) is 18.4 Å². The van der Waals surface area contributed by atoms with Crippen LogP contribution in [-0.2, 0) is 10.2 Å². The quantitative estimate of drug-likeness (QED) is 0.757. The molecule has 6 heteroatoms. The number of hydrogen-bond acceptors (Lipinski definition) is 2. The van der Waals surface area contributed by atoms with Crippen molar-refractivity contribution in [3.8, 4) is 5.69 Å². The summed E-state index contributed by atoms with van der Waals surface area (Å²) in [5, 5.41) is 7.23. The van der Waals surface area contributed by atoms with Crippen LogP contribution < -0.4 is 5.32 Å². The predicted octanol–water partition coefficient (Wildman–Crippen LogP) is 4.34. The van der Waals surface area contributed by atoms with E-state index in [2.05, 4.69) is 10.4 Å². The zero-order valence-corrected chi connectivity index (χ0v) is 14.0. The summed E-state index contributed by atoms with van der Waals surface area (Å²) in [4.78, 5) is 12.7. The number of aromatic nitrogens is 2. The molecule has 0 saturated heterocycles. The molecule has 0 atom stereocenters. The molecule has 1 aliphatic rings. The van der Waals surface area contributed by atoms with E-state index in [9.17, 15) is 9.18 Å². The van der Waals surface area contributed by atoms with E-state index in [1.165, 1.54) is 16.8 Å². The van der Waals surface area contributed by atoms with Crippen LogP contribution in [0.25, 0.3) is 5.69 Å². The van der Waals surface area contributed by atoms with E-state index >= 15 is 0 Å². The van der Waals surface area contributed by atoms with Crippen molar-refractivity contribution in [3.05, 3.63) is 77.2 Å². The van der Waals surface area contributed by atoms with Crippen molar-refractivity contribution in [1.29, 1.82) is 0 Å². The lowest BCUT2D eigenvalue weighted by Gasteiger charge is -2.14. The number of rotatable bonds is 4. The van der Waals surface area contributed by atoms with Gasteiger partial charge in [0, 0.05) is 18.3 Å². The lowest BCUT2D eigenvalue weighted by atomic mass is 9.95. The Hall–Kier alpha value is -2.66. The fraction of sp³-hybridized carbons (Fsp3) is 0.158. The molecule has 0 unspecified atom stereocenters. The number of nitrogens with zero attached hydrogens (tertiary/aromatic N) is 2. The standard InChI is InChI=1S/C19H15ClFN3O/c20-15-7-6-14(12-16(15)21)24-11-8-17(23-24)22-18(25)19(9-10-19)13-4-2-1-3-5-13/h1-8,11-12H,9-10H2,(H,22,23,25). The summed E-state index contributed by atoms with van der Waals surface area (Å²) in [5.74, 6) is -0.143. The molecule has 4 rings (SSSR count). The van der Waals surface area contributed by atoms with Crippen LogP contribution in [0.3, 0.4) is 0 Å². The molecule has 1 amide bonds. The average Bonchev–Trinajstić information content (AvgIpc) is 3.32. The van der Waals surface area contributed by atoms with E-state index in [1.54, 1.807) is 18.3 Å². The van der Waals surface area contributed by atoms with E-state index in [-0.39, 0.29) is 10.9 Å². The second-order valence-electron chi connectivity index (χ2n) is 6.15. The Labute approximate surface area is 149 Å². The highest BCUT2D eigenvalue weighted by molar-refractivity contribution is 6.30. The van der Waals surface area contributed by atoms with Crippen LogP contribution in [0.5, 0.6) is 0 Å². The molecule has 1 saturated carbocycles.